The Morgan fingerprint density at radius 1 is 1.39 bits per heavy atom. The molecule has 2 rings (SSSR count). The first-order valence-corrected chi connectivity index (χ1v) is 9.29. The maximum atomic E-state index is 12.2. The lowest BCUT2D eigenvalue weighted by Gasteiger charge is -2.16. The molecule has 1 aromatic rings. The molecule has 0 radical (unpaired) electrons. The van der Waals surface area contributed by atoms with Crippen molar-refractivity contribution in [3.05, 3.63) is 35.2 Å². The first-order chi connectivity index (χ1) is 10.7. The number of aryl methyl sites for hydroxylation is 1. The molecule has 1 saturated heterocycles. The quantitative estimate of drug-likeness (QED) is 0.464. The average molecular weight is 339 g/mol. The standard InChI is InChI=1S/C16H21NO5S/c1-4-5-16(19)22-9-15(18)14-8-11(2)17(12(14)3)13-6-7-23(20,21)10-13/h4-5,8,13H,6-7,9-10H2,1-3H3/b5-4-/t13-/m0/s1. The molecule has 0 unspecified atom stereocenters. The smallest absolute Gasteiger partial charge is 0.330 e. The van der Waals surface area contributed by atoms with Crippen molar-refractivity contribution in [1.29, 1.82) is 0 Å². The normalized spacial score (nSPS) is 20.0. The molecule has 0 N–H and O–H groups in total. The zero-order valence-corrected chi connectivity index (χ0v) is 14.4. The van der Waals surface area contributed by atoms with Crippen molar-refractivity contribution in [3.63, 3.8) is 0 Å². The minimum Gasteiger partial charge on any atom is -0.454 e. The van der Waals surface area contributed by atoms with Gasteiger partial charge in [-0.25, -0.2) is 13.2 Å². The van der Waals surface area contributed by atoms with Gasteiger partial charge in [0.25, 0.3) is 0 Å². The van der Waals surface area contributed by atoms with Gasteiger partial charge in [0, 0.05) is 29.1 Å². The van der Waals surface area contributed by atoms with Crippen LogP contribution in [0, 0.1) is 13.8 Å². The van der Waals surface area contributed by atoms with E-state index in [-0.39, 0.29) is 29.9 Å². The molecule has 0 saturated carbocycles. The lowest BCUT2D eigenvalue weighted by molar-refractivity contribution is -0.136. The fourth-order valence-corrected chi connectivity index (χ4v) is 4.70. The highest BCUT2D eigenvalue weighted by Crippen LogP contribution is 2.29. The molecule has 0 bridgehead atoms. The second-order valence-electron chi connectivity index (χ2n) is 5.74. The van der Waals surface area contributed by atoms with E-state index in [1.54, 1.807) is 26.0 Å². The molecule has 0 spiro atoms. The van der Waals surface area contributed by atoms with Gasteiger partial charge in [-0.15, -0.1) is 0 Å². The van der Waals surface area contributed by atoms with Crippen molar-refractivity contribution in [2.45, 2.75) is 33.2 Å². The van der Waals surface area contributed by atoms with E-state index in [1.807, 2.05) is 11.5 Å². The average Bonchev–Trinajstić information content (AvgIpc) is 2.96. The van der Waals surface area contributed by atoms with Crippen molar-refractivity contribution in [2.24, 2.45) is 0 Å². The number of carbonyl (C=O) groups excluding carboxylic acids is 2. The Morgan fingerprint density at radius 2 is 2.09 bits per heavy atom. The third-order valence-corrected chi connectivity index (χ3v) is 5.76. The minimum atomic E-state index is -3.00. The molecule has 7 heteroatoms. The Kier molecular flexibility index (Phi) is 5.09. The molecule has 0 aliphatic carbocycles. The Balaban J connectivity index is 2.17. The van der Waals surface area contributed by atoms with Gasteiger partial charge in [-0.1, -0.05) is 6.08 Å². The molecular weight excluding hydrogens is 318 g/mol. The summed E-state index contributed by atoms with van der Waals surface area (Å²) in [5.41, 5.74) is 2.03. The number of ether oxygens (including phenoxy) is 1. The zero-order chi connectivity index (χ0) is 17.2. The molecular formula is C16H21NO5S. The summed E-state index contributed by atoms with van der Waals surface area (Å²) < 4.78 is 30.1. The second-order valence-corrected chi connectivity index (χ2v) is 7.97. The maximum absolute atomic E-state index is 12.2. The summed E-state index contributed by atoms with van der Waals surface area (Å²) in [6, 6.07) is 1.60. The van der Waals surface area contributed by atoms with E-state index in [2.05, 4.69) is 0 Å². The van der Waals surface area contributed by atoms with Crippen molar-refractivity contribution >= 4 is 21.6 Å². The number of allylic oxidation sites excluding steroid dienone is 1. The molecule has 0 amide bonds. The number of aromatic nitrogens is 1. The van der Waals surface area contributed by atoms with Gasteiger partial charge < -0.3 is 9.30 Å². The lowest BCUT2D eigenvalue weighted by atomic mass is 10.1. The summed E-state index contributed by atoms with van der Waals surface area (Å²) >= 11 is 0. The highest BCUT2D eigenvalue weighted by Gasteiger charge is 2.31. The van der Waals surface area contributed by atoms with Gasteiger partial charge in [0.1, 0.15) is 0 Å². The number of hydrogen-bond acceptors (Lipinski definition) is 5. The largest absolute Gasteiger partial charge is 0.454 e. The molecule has 1 aliphatic heterocycles. The predicted molar refractivity (Wildman–Crippen MR) is 86.3 cm³/mol. The summed E-state index contributed by atoms with van der Waals surface area (Å²) in [4.78, 5) is 23.5. The number of Topliss-reactive ketones (excluding diaryl/α,β-unsaturated/α-hetero) is 1. The second kappa shape index (κ2) is 6.70. The van der Waals surface area contributed by atoms with Crippen molar-refractivity contribution in [1.82, 2.24) is 4.57 Å². The van der Waals surface area contributed by atoms with Crippen LogP contribution in [0.5, 0.6) is 0 Å². The van der Waals surface area contributed by atoms with Crippen molar-refractivity contribution in [2.75, 3.05) is 18.1 Å². The number of nitrogens with zero attached hydrogens (tertiary/aromatic N) is 1. The van der Waals surface area contributed by atoms with Crippen molar-refractivity contribution < 1.29 is 22.7 Å². The first kappa shape index (κ1) is 17.5. The van der Waals surface area contributed by atoms with E-state index in [0.717, 1.165) is 11.4 Å². The Hall–Kier alpha value is -1.89. The fraction of sp³-hybridized carbons (Fsp3) is 0.500. The van der Waals surface area contributed by atoms with E-state index in [0.29, 0.717) is 12.0 Å². The Labute approximate surface area is 136 Å². The molecule has 1 atom stereocenters. The number of hydrogen-bond donors (Lipinski definition) is 0. The van der Waals surface area contributed by atoms with Crippen LogP contribution in [-0.2, 0) is 19.4 Å². The topological polar surface area (TPSA) is 82.4 Å². The van der Waals surface area contributed by atoms with E-state index in [4.69, 9.17) is 4.74 Å². The van der Waals surface area contributed by atoms with Gasteiger partial charge >= 0.3 is 5.97 Å². The van der Waals surface area contributed by atoms with Crippen LogP contribution in [0.15, 0.2) is 18.2 Å². The molecule has 1 aromatic heterocycles. The van der Waals surface area contributed by atoms with Crippen LogP contribution in [0.2, 0.25) is 0 Å². The number of sulfone groups is 1. The number of carbonyl (C=O) groups is 2. The lowest BCUT2D eigenvalue weighted by Crippen LogP contribution is -2.16. The molecule has 1 fully saturated rings. The van der Waals surface area contributed by atoms with Crippen LogP contribution in [0.1, 0.15) is 41.1 Å². The van der Waals surface area contributed by atoms with Crippen LogP contribution in [0.3, 0.4) is 0 Å². The van der Waals surface area contributed by atoms with E-state index in [1.165, 1.54) is 6.08 Å². The van der Waals surface area contributed by atoms with Gasteiger partial charge in [0.05, 0.1) is 11.5 Å². The third-order valence-electron chi connectivity index (χ3n) is 4.01. The molecule has 1 aliphatic rings. The highest BCUT2D eigenvalue weighted by molar-refractivity contribution is 7.91. The minimum absolute atomic E-state index is 0.104. The molecule has 2 heterocycles. The van der Waals surface area contributed by atoms with Gasteiger partial charge in [0.15, 0.2) is 16.4 Å². The fourth-order valence-electron chi connectivity index (χ4n) is 3.00. The van der Waals surface area contributed by atoms with Crippen LogP contribution in [0.4, 0.5) is 0 Å². The number of rotatable bonds is 5. The molecule has 6 nitrogen and oxygen atoms in total. The van der Waals surface area contributed by atoms with Gasteiger partial charge in [-0.2, -0.15) is 0 Å². The van der Waals surface area contributed by atoms with Crippen LogP contribution >= 0.6 is 0 Å². The molecule has 126 valence electrons. The SMILES string of the molecule is C/C=C\C(=O)OCC(=O)c1cc(C)n([C@H]2CCS(=O)(=O)C2)c1C. The van der Waals surface area contributed by atoms with Crippen LogP contribution in [-0.4, -0.2) is 42.9 Å². The van der Waals surface area contributed by atoms with Gasteiger partial charge in [0.2, 0.25) is 5.78 Å². The molecule has 23 heavy (non-hydrogen) atoms. The van der Waals surface area contributed by atoms with Crippen LogP contribution < -0.4 is 0 Å². The Morgan fingerprint density at radius 3 is 2.65 bits per heavy atom. The van der Waals surface area contributed by atoms with Crippen LogP contribution in [0.25, 0.3) is 0 Å². The number of esters is 1. The summed E-state index contributed by atoms with van der Waals surface area (Å²) in [5, 5.41) is 0. The van der Waals surface area contributed by atoms with Crippen molar-refractivity contribution in [3.8, 4) is 0 Å². The summed E-state index contributed by atoms with van der Waals surface area (Å²) in [5.74, 6) is -0.564. The van der Waals surface area contributed by atoms with E-state index in [9.17, 15) is 18.0 Å². The molecule has 0 aromatic carbocycles. The zero-order valence-electron chi connectivity index (χ0n) is 13.5. The van der Waals surface area contributed by atoms with Gasteiger partial charge in [-0.05, 0) is 33.3 Å². The summed E-state index contributed by atoms with van der Waals surface area (Å²) in [6.07, 6.45) is 3.35. The highest BCUT2D eigenvalue weighted by atomic mass is 32.2. The third kappa shape index (κ3) is 3.90. The number of ketones is 1. The maximum Gasteiger partial charge on any atom is 0.330 e. The predicted octanol–water partition coefficient (Wildman–Crippen LogP) is 1.77. The van der Waals surface area contributed by atoms with E-state index >= 15 is 0 Å². The summed E-state index contributed by atoms with van der Waals surface area (Å²) in [6.45, 7) is 5.00. The summed E-state index contributed by atoms with van der Waals surface area (Å²) in [7, 11) is -3.00. The van der Waals surface area contributed by atoms with E-state index < -0.39 is 15.8 Å². The monoisotopic (exact) mass is 339 g/mol. The first-order valence-electron chi connectivity index (χ1n) is 7.46. The van der Waals surface area contributed by atoms with Gasteiger partial charge in [-0.3, -0.25) is 4.79 Å². The Bertz CT molecular complexity index is 758.